The summed E-state index contributed by atoms with van der Waals surface area (Å²) in [7, 11) is -3.36. The van der Waals surface area contributed by atoms with Gasteiger partial charge in [-0.25, -0.2) is 8.42 Å². The summed E-state index contributed by atoms with van der Waals surface area (Å²) in [5, 5.41) is 5.37. The van der Waals surface area contributed by atoms with Crippen molar-refractivity contribution in [2.45, 2.75) is 43.7 Å². The lowest BCUT2D eigenvalue weighted by Gasteiger charge is -2.23. The number of nitrogens with zero attached hydrogens (tertiary/aromatic N) is 1. The largest absolute Gasteiger partial charge is 0.309 e. The van der Waals surface area contributed by atoms with Gasteiger partial charge in [-0.2, -0.15) is 4.31 Å². The molecule has 2 heterocycles. The van der Waals surface area contributed by atoms with Crippen LogP contribution in [0.15, 0.2) is 22.4 Å². The molecule has 1 aromatic rings. The van der Waals surface area contributed by atoms with Crippen LogP contribution in [0.25, 0.3) is 0 Å². The number of sulfonamides is 1. The first-order valence-electron chi connectivity index (χ1n) is 7.04. The summed E-state index contributed by atoms with van der Waals surface area (Å²) in [6, 6.07) is 0.589. The number of hydrogen-bond donors (Lipinski definition) is 1. The minimum atomic E-state index is -3.36. The molecular formula is C14H20N2O2S2. The van der Waals surface area contributed by atoms with Gasteiger partial charge in [0.25, 0.3) is 0 Å². The van der Waals surface area contributed by atoms with Crippen molar-refractivity contribution in [1.29, 1.82) is 0 Å². The van der Waals surface area contributed by atoms with Crippen molar-refractivity contribution >= 4 is 21.4 Å². The highest BCUT2D eigenvalue weighted by atomic mass is 32.2. The van der Waals surface area contributed by atoms with Crippen molar-refractivity contribution in [2.24, 2.45) is 0 Å². The molecule has 0 amide bonds. The molecule has 4 nitrogen and oxygen atoms in total. The second-order valence-electron chi connectivity index (χ2n) is 5.45. The molecule has 1 aliphatic carbocycles. The Kier molecular flexibility index (Phi) is 3.99. The maximum atomic E-state index is 12.8. The predicted octanol–water partition coefficient (Wildman–Crippen LogP) is 2.26. The van der Waals surface area contributed by atoms with Crippen LogP contribution in [-0.2, 0) is 16.6 Å². The van der Waals surface area contributed by atoms with Crippen molar-refractivity contribution in [3.8, 4) is 0 Å². The van der Waals surface area contributed by atoms with Crippen LogP contribution in [0.3, 0.4) is 0 Å². The van der Waals surface area contributed by atoms with E-state index in [0.29, 0.717) is 30.6 Å². The molecule has 110 valence electrons. The molecule has 1 fully saturated rings. The zero-order chi connectivity index (χ0) is 14.2. The zero-order valence-corrected chi connectivity index (χ0v) is 13.3. The fraction of sp³-hybridized carbons (Fsp3) is 0.571. The number of hydrogen-bond acceptors (Lipinski definition) is 4. The smallest absolute Gasteiger partial charge is 0.244 e. The summed E-state index contributed by atoms with van der Waals surface area (Å²) in [6.45, 7) is 3.64. The van der Waals surface area contributed by atoms with Gasteiger partial charge in [0.05, 0.1) is 0 Å². The summed E-state index contributed by atoms with van der Waals surface area (Å²) in [6.07, 6.45) is 7.21. The van der Waals surface area contributed by atoms with Crippen molar-refractivity contribution in [3.05, 3.63) is 28.0 Å². The molecule has 1 aliphatic heterocycles. The second kappa shape index (κ2) is 5.60. The van der Waals surface area contributed by atoms with Gasteiger partial charge in [0.2, 0.25) is 10.0 Å². The standard InChI is InChI=1S/C14H20N2O2S2/c1-11-10-19-13(9-15-12-5-6-12)14(11)20(17,18)16-7-3-2-4-8-16/h2-3,10,12,15H,4-9H2,1H3. The normalized spacial score (nSPS) is 20.4. The molecule has 0 bridgehead atoms. The van der Waals surface area contributed by atoms with Crippen LogP contribution in [0.4, 0.5) is 0 Å². The topological polar surface area (TPSA) is 49.4 Å². The summed E-state index contributed by atoms with van der Waals surface area (Å²) >= 11 is 1.55. The molecule has 6 heteroatoms. The van der Waals surface area contributed by atoms with Crippen LogP contribution >= 0.6 is 11.3 Å². The van der Waals surface area contributed by atoms with E-state index in [1.807, 2.05) is 24.5 Å². The third-order valence-corrected chi connectivity index (χ3v) is 7.07. The van der Waals surface area contributed by atoms with Crippen molar-refractivity contribution < 1.29 is 8.42 Å². The Labute approximate surface area is 124 Å². The Morgan fingerprint density at radius 3 is 2.85 bits per heavy atom. The van der Waals surface area contributed by atoms with Crippen molar-refractivity contribution in [1.82, 2.24) is 9.62 Å². The molecule has 1 saturated carbocycles. The van der Waals surface area contributed by atoms with E-state index in [2.05, 4.69) is 5.32 Å². The Morgan fingerprint density at radius 1 is 1.40 bits per heavy atom. The first kappa shape index (κ1) is 14.3. The Balaban J connectivity index is 1.86. The molecule has 0 radical (unpaired) electrons. The summed E-state index contributed by atoms with van der Waals surface area (Å²) in [4.78, 5) is 1.48. The van der Waals surface area contributed by atoms with Crippen LogP contribution in [0.1, 0.15) is 29.7 Å². The van der Waals surface area contributed by atoms with Crippen LogP contribution < -0.4 is 5.32 Å². The van der Waals surface area contributed by atoms with Gasteiger partial charge in [0, 0.05) is 30.6 Å². The van der Waals surface area contributed by atoms with E-state index in [1.165, 1.54) is 12.8 Å². The molecule has 1 N–H and O–H groups in total. The molecule has 20 heavy (non-hydrogen) atoms. The van der Waals surface area contributed by atoms with E-state index >= 15 is 0 Å². The van der Waals surface area contributed by atoms with Crippen molar-refractivity contribution in [3.63, 3.8) is 0 Å². The third kappa shape index (κ3) is 2.83. The lowest BCUT2D eigenvalue weighted by molar-refractivity contribution is 0.436. The number of thiophene rings is 1. The van der Waals surface area contributed by atoms with Gasteiger partial charge in [-0.1, -0.05) is 12.2 Å². The maximum Gasteiger partial charge on any atom is 0.244 e. The number of aryl methyl sites for hydroxylation is 1. The molecule has 3 rings (SSSR count). The Bertz CT molecular complexity index is 615. The SMILES string of the molecule is Cc1csc(CNC2CC2)c1S(=O)(=O)N1CC=CCC1. The highest BCUT2D eigenvalue weighted by molar-refractivity contribution is 7.89. The van der Waals surface area contributed by atoms with Gasteiger partial charge in [-0.3, -0.25) is 0 Å². The lowest BCUT2D eigenvalue weighted by Crippen LogP contribution is -2.34. The Hall–Kier alpha value is -0.690. The molecule has 1 aromatic heterocycles. The molecule has 0 unspecified atom stereocenters. The number of rotatable bonds is 5. The highest BCUT2D eigenvalue weighted by Gasteiger charge is 2.30. The molecule has 2 aliphatic rings. The van der Waals surface area contributed by atoms with E-state index in [1.54, 1.807) is 15.6 Å². The lowest BCUT2D eigenvalue weighted by atomic mass is 10.3. The monoisotopic (exact) mass is 312 g/mol. The van der Waals surface area contributed by atoms with Gasteiger partial charge < -0.3 is 5.32 Å². The average molecular weight is 312 g/mol. The second-order valence-corrected chi connectivity index (χ2v) is 8.29. The zero-order valence-electron chi connectivity index (χ0n) is 11.6. The van der Waals surface area contributed by atoms with Gasteiger partial charge >= 0.3 is 0 Å². The van der Waals surface area contributed by atoms with Gasteiger partial charge in [-0.05, 0) is 37.1 Å². The fourth-order valence-electron chi connectivity index (χ4n) is 2.45. The molecule has 0 atom stereocenters. The predicted molar refractivity (Wildman–Crippen MR) is 81.4 cm³/mol. The Morgan fingerprint density at radius 2 is 2.20 bits per heavy atom. The molecular weight excluding hydrogens is 292 g/mol. The fourth-order valence-corrected chi connectivity index (χ4v) is 5.57. The summed E-state index contributed by atoms with van der Waals surface area (Å²) in [5.74, 6) is 0. The summed E-state index contributed by atoms with van der Waals surface area (Å²) in [5.41, 5.74) is 0.872. The van der Waals surface area contributed by atoms with Crippen LogP contribution in [0, 0.1) is 6.92 Å². The average Bonchev–Trinajstić information content (AvgIpc) is 3.20. The molecule has 0 spiro atoms. The van der Waals surface area contributed by atoms with Crippen LogP contribution in [0.5, 0.6) is 0 Å². The quantitative estimate of drug-likeness (QED) is 0.849. The minimum absolute atomic E-state index is 0.493. The van der Waals surface area contributed by atoms with E-state index < -0.39 is 10.0 Å². The number of nitrogens with one attached hydrogen (secondary N) is 1. The molecule has 0 saturated heterocycles. The van der Waals surface area contributed by atoms with E-state index in [-0.39, 0.29) is 0 Å². The van der Waals surface area contributed by atoms with E-state index in [9.17, 15) is 8.42 Å². The van der Waals surface area contributed by atoms with Gasteiger partial charge in [0.1, 0.15) is 4.90 Å². The third-order valence-electron chi connectivity index (χ3n) is 3.74. The van der Waals surface area contributed by atoms with E-state index in [4.69, 9.17) is 0 Å². The molecule has 0 aromatic carbocycles. The van der Waals surface area contributed by atoms with Gasteiger partial charge in [0.15, 0.2) is 0 Å². The minimum Gasteiger partial charge on any atom is -0.309 e. The van der Waals surface area contributed by atoms with Crippen LogP contribution in [-0.4, -0.2) is 31.9 Å². The van der Waals surface area contributed by atoms with Gasteiger partial charge in [-0.15, -0.1) is 11.3 Å². The first-order valence-corrected chi connectivity index (χ1v) is 9.36. The highest BCUT2D eigenvalue weighted by Crippen LogP contribution is 2.31. The van der Waals surface area contributed by atoms with Crippen LogP contribution in [0.2, 0.25) is 0 Å². The van der Waals surface area contributed by atoms with Crippen molar-refractivity contribution in [2.75, 3.05) is 13.1 Å². The first-order chi connectivity index (χ1) is 9.59. The van der Waals surface area contributed by atoms with E-state index in [0.717, 1.165) is 16.9 Å². The maximum absolute atomic E-state index is 12.8. The summed E-state index contributed by atoms with van der Waals surface area (Å²) < 4.78 is 27.2.